The van der Waals surface area contributed by atoms with Gasteiger partial charge in [0.05, 0.1) is 23.9 Å². The zero-order chi connectivity index (χ0) is 19.1. The molecule has 0 radical (unpaired) electrons. The second-order valence-corrected chi connectivity index (χ2v) is 8.42. The van der Waals surface area contributed by atoms with Gasteiger partial charge >= 0.3 is 0 Å². The number of hydrogen-bond acceptors (Lipinski definition) is 5. The van der Waals surface area contributed by atoms with Gasteiger partial charge < -0.3 is 14.4 Å². The summed E-state index contributed by atoms with van der Waals surface area (Å²) in [4.78, 5) is 19.5. The minimum Gasteiger partial charge on any atom is -0.493 e. The van der Waals surface area contributed by atoms with Gasteiger partial charge in [-0.3, -0.25) is 4.79 Å². The molecule has 5 nitrogen and oxygen atoms in total. The molecule has 5 rings (SSSR count). The molecule has 2 heterocycles. The number of carbonyl (C=O) groups excluding carboxylic acids is 1. The van der Waals surface area contributed by atoms with Gasteiger partial charge in [0.25, 0.3) is 0 Å². The maximum atomic E-state index is 12.8. The van der Waals surface area contributed by atoms with Crippen LogP contribution in [0.3, 0.4) is 0 Å². The Labute approximate surface area is 167 Å². The van der Waals surface area contributed by atoms with Crippen molar-refractivity contribution < 1.29 is 14.3 Å². The third kappa shape index (κ3) is 3.02. The lowest BCUT2D eigenvalue weighted by molar-refractivity contribution is -0.138. The zero-order valence-corrected chi connectivity index (χ0v) is 16.6. The molecular weight excluding hydrogens is 372 g/mol. The van der Waals surface area contributed by atoms with E-state index in [1.54, 1.807) is 18.4 Å². The van der Waals surface area contributed by atoms with Crippen molar-refractivity contribution in [3.05, 3.63) is 42.0 Å². The molecule has 1 amide bonds. The number of amides is 1. The summed E-state index contributed by atoms with van der Waals surface area (Å²) in [5.74, 6) is 1.89. The smallest absolute Gasteiger partial charge is 0.226 e. The number of ether oxygens (including phenoxy) is 2. The van der Waals surface area contributed by atoms with Gasteiger partial charge in [0, 0.05) is 23.6 Å². The summed E-state index contributed by atoms with van der Waals surface area (Å²) in [6.45, 7) is 1.66. The van der Waals surface area contributed by atoms with Crippen LogP contribution in [0.5, 0.6) is 11.5 Å². The van der Waals surface area contributed by atoms with E-state index < -0.39 is 0 Å². The van der Waals surface area contributed by atoms with E-state index in [1.165, 1.54) is 0 Å². The molecule has 0 spiro atoms. The number of carbonyl (C=O) groups is 1. The van der Waals surface area contributed by atoms with Gasteiger partial charge in [-0.25, -0.2) is 4.98 Å². The van der Waals surface area contributed by atoms with Crippen LogP contribution in [-0.2, 0) is 11.3 Å². The second kappa shape index (κ2) is 7.09. The fraction of sp³-hybridized carbons (Fsp3) is 0.364. The van der Waals surface area contributed by atoms with Crippen molar-refractivity contribution in [3.63, 3.8) is 0 Å². The fourth-order valence-electron chi connectivity index (χ4n) is 3.86. The average molecular weight is 394 g/mol. The fourth-order valence-corrected chi connectivity index (χ4v) is 4.81. The largest absolute Gasteiger partial charge is 0.493 e. The molecule has 6 heteroatoms. The summed E-state index contributed by atoms with van der Waals surface area (Å²) in [6.07, 6.45) is 3.18. The summed E-state index contributed by atoms with van der Waals surface area (Å²) in [6, 6.07) is 12.2. The Kier molecular flexibility index (Phi) is 4.43. The lowest BCUT2D eigenvalue weighted by Gasteiger charge is -2.30. The minimum absolute atomic E-state index is 0.191. The van der Waals surface area contributed by atoms with Crippen molar-refractivity contribution in [1.29, 1.82) is 0 Å². The van der Waals surface area contributed by atoms with Crippen molar-refractivity contribution in [2.24, 2.45) is 5.92 Å². The minimum atomic E-state index is 0.191. The average Bonchev–Trinajstić information content (AvgIpc) is 2.98. The highest BCUT2D eigenvalue weighted by Gasteiger charge is 2.31. The molecule has 3 aromatic rings. The number of aromatic nitrogens is 1. The van der Waals surface area contributed by atoms with E-state index in [0.717, 1.165) is 51.4 Å². The predicted molar refractivity (Wildman–Crippen MR) is 110 cm³/mol. The molecule has 28 heavy (non-hydrogen) atoms. The molecule has 0 unspecified atom stereocenters. The normalized spacial score (nSPS) is 16.8. The summed E-state index contributed by atoms with van der Waals surface area (Å²) in [5.41, 5.74) is 2.98. The van der Waals surface area contributed by atoms with Crippen molar-refractivity contribution >= 4 is 27.5 Å². The van der Waals surface area contributed by atoms with Crippen LogP contribution in [0, 0.1) is 5.92 Å². The summed E-state index contributed by atoms with van der Waals surface area (Å²) < 4.78 is 12.8. The number of para-hydroxylation sites is 1. The Hall–Kier alpha value is -2.60. The van der Waals surface area contributed by atoms with Crippen LogP contribution in [0.25, 0.3) is 20.8 Å². The highest BCUT2D eigenvalue weighted by Crippen LogP contribution is 2.40. The lowest BCUT2D eigenvalue weighted by Crippen LogP contribution is -2.39. The van der Waals surface area contributed by atoms with Crippen LogP contribution >= 0.6 is 11.3 Å². The van der Waals surface area contributed by atoms with Crippen LogP contribution < -0.4 is 9.47 Å². The predicted octanol–water partition coefficient (Wildman–Crippen LogP) is 4.49. The van der Waals surface area contributed by atoms with Gasteiger partial charge in [0.15, 0.2) is 11.5 Å². The molecule has 1 aliphatic carbocycles. The number of hydrogen-bond donors (Lipinski definition) is 0. The first-order chi connectivity index (χ1) is 13.7. The first kappa shape index (κ1) is 17.5. The number of nitrogens with zero attached hydrogens (tertiary/aromatic N) is 2. The standard InChI is InChI=1S/C22H22N2O3S/c1-26-18-12-15(21-23-17-7-2-3-8-19(17)28-21)11-16-13-24(9-10-27-20(16)18)22(25)14-5-4-6-14/h2-3,7-8,11-12,14H,4-6,9-10,13H2,1H3. The molecule has 2 aromatic carbocycles. The van der Waals surface area contributed by atoms with Gasteiger partial charge in [-0.15, -0.1) is 11.3 Å². The number of benzene rings is 2. The topological polar surface area (TPSA) is 51.7 Å². The Bertz CT molecular complexity index is 1010. The Balaban J connectivity index is 1.54. The third-order valence-electron chi connectivity index (χ3n) is 5.63. The molecule has 144 valence electrons. The highest BCUT2D eigenvalue weighted by molar-refractivity contribution is 7.21. The Morgan fingerprint density at radius 2 is 2.14 bits per heavy atom. The lowest BCUT2D eigenvalue weighted by atomic mass is 9.84. The molecule has 0 saturated heterocycles. The molecule has 0 bridgehead atoms. The van der Waals surface area contributed by atoms with Gasteiger partial charge in [0.1, 0.15) is 11.6 Å². The van der Waals surface area contributed by atoms with Crippen molar-refractivity contribution in [3.8, 4) is 22.1 Å². The van der Waals surface area contributed by atoms with E-state index in [4.69, 9.17) is 14.5 Å². The van der Waals surface area contributed by atoms with Gasteiger partial charge in [0.2, 0.25) is 5.91 Å². The van der Waals surface area contributed by atoms with Gasteiger partial charge in [-0.2, -0.15) is 0 Å². The number of fused-ring (bicyclic) bond motifs is 2. The first-order valence-corrected chi connectivity index (χ1v) is 10.5. The molecule has 1 aliphatic heterocycles. The van der Waals surface area contributed by atoms with Gasteiger partial charge in [-0.05, 0) is 37.1 Å². The van der Waals surface area contributed by atoms with E-state index in [1.807, 2.05) is 29.2 Å². The SMILES string of the molecule is COc1cc(-c2nc3ccccc3s2)cc2c1OCCN(C(=O)C1CCC1)C2. The number of methoxy groups -OCH3 is 1. The maximum Gasteiger partial charge on any atom is 0.226 e. The Morgan fingerprint density at radius 3 is 2.89 bits per heavy atom. The molecule has 1 saturated carbocycles. The van der Waals surface area contributed by atoms with Gasteiger partial charge in [-0.1, -0.05) is 18.6 Å². The summed E-state index contributed by atoms with van der Waals surface area (Å²) in [5, 5.41) is 0.948. The van der Waals surface area contributed by atoms with E-state index in [0.29, 0.717) is 25.4 Å². The molecule has 1 fully saturated rings. The number of rotatable bonds is 3. The van der Waals surface area contributed by atoms with Crippen molar-refractivity contribution in [2.45, 2.75) is 25.8 Å². The zero-order valence-electron chi connectivity index (χ0n) is 15.8. The summed E-state index contributed by atoms with van der Waals surface area (Å²) >= 11 is 1.66. The van der Waals surface area contributed by atoms with Crippen molar-refractivity contribution in [2.75, 3.05) is 20.3 Å². The quantitative estimate of drug-likeness (QED) is 0.657. The molecule has 0 atom stereocenters. The maximum absolute atomic E-state index is 12.8. The summed E-state index contributed by atoms with van der Waals surface area (Å²) in [7, 11) is 1.66. The van der Waals surface area contributed by atoms with Crippen LogP contribution in [0.4, 0.5) is 0 Å². The molecule has 1 aromatic heterocycles. The van der Waals surface area contributed by atoms with E-state index in [2.05, 4.69) is 12.1 Å². The number of thiazole rings is 1. The third-order valence-corrected chi connectivity index (χ3v) is 6.71. The Morgan fingerprint density at radius 1 is 1.29 bits per heavy atom. The highest BCUT2D eigenvalue weighted by atomic mass is 32.1. The van der Waals surface area contributed by atoms with Crippen LogP contribution in [-0.4, -0.2) is 36.1 Å². The van der Waals surface area contributed by atoms with E-state index in [9.17, 15) is 4.79 Å². The molecule has 0 N–H and O–H groups in total. The van der Waals surface area contributed by atoms with Crippen molar-refractivity contribution in [1.82, 2.24) is 9.88 Å². The second-order valence-electron chi connectivity index (χ2n) is 7.39. The monoisotopic (exact) mass is 394 g/mol. The van der Waals surface area contributed by atoms with E-state index in [-0.39, 0.29) is 11.8 Å². The molecule has 2 aliphatic rings. The first-order valence-electron chi connectivity index (χ1n) is 9.71. The van der Waals surface area contributed by atoms with Crippen LogP contribution in [0.15, 0.2) is 36.4 Å². The van der Waals surface area contributed by atoms with Crippen LogP contribution in [0.2, 0.25) is 0 Å². The van der Waals surface area contributed by atoms with Crippen LogP contribution in [0.1, 0.15) is 24.8 Å². The molecular formula is C22H22N2O3S. The van der Waals surface area contributed by atoms with E-state index >= 15 is 0 Å².